The van der Waals surface area contributed by atoms with Gasteiger partial charge in [0.1, 0.15) is 6.04 Å². The Balaban J connectivity index is 1.78. The number of carbonyl (C=O) groups is 2. The van der Waals surface area contributed by atoms with Crippen LogP contribution in [0.3, 0.4) is 0 Å². The molecule has 0 aliphatic heterocycles. The molecule has 1 unspecified atom stereocenters. The van der Waals surface area contributed by atoms with Crippen molar-refractivity contribution in [3.63, 3.8) is 0 Å². The van der Waals surface area contributed by atoms with Gasteiger partial charge in [-0.2, -0.15) is 0 Å². The molecule has 1 saturated carbocycles. The van der Waals surface area contributed by atoms with E-state index in [1.165, 1.54) is 10.6 Å². The van der Waals surface area contributed by atoms with E-state index in [-0.39, 0.29) is 30.8 Å². The molecule has 0 bridgehead atoms. The summed E-state index contributed by atoms with van der Waals surface area (Å²) in [6, 6.07) is 13.2. The standard InChI is InChI=1S/C30H43N3O4S/c1-6-27(30(35)31-26-15-7-8-16-26)32(21-25-14-9-12-22(2)20-25)29(34)18-11-19-33(38(5,36)37)28-17-10-13-23(3)24(28)4/h9-10,12-14,17,20,26-27H,6-8,11,15-16,18-19,21H2,1-5H3,(H,31,35). The molecule has 1 aliphatic carbocycles. The summed E-state index contributed by atoms with van der Waals surface area (Å²) in [6.07, 6.45) is 6.40. The highest BCUT2D eigenvalue weighted by molar-refractivity contribution is 7.92. The molecule has 0 spiro atoms. The van der Waals surface area contributed by atoms with Crippen molar-refractivity contribution in [3.05, 3.63) is 64.7 Å². The lowest BCUT2D eigenvalue weighted by atomic mass is 10.1. The normalized spacial score (nSPS) is 14.8. The van der Waals surface area contributed by atoms with Crippen molar-refractivity contribution < 1.29 is 18.0 Å². The molecule has 1 N–H and O–H groups in total. The summed E-state index contributed by atoms with van der Waals surface area (Å²) in [5.41, 5.74) is 4.61. The highest BCUT2D eigenvalue weighted by atomic mass is 32.2. The van der Waals surface area contributed by atoms with Crippen LogP contribution in [-0.4, -0.2) is 50.0 Å². The Bertz CT molecular complexity index is 1220. The van der Waals surface area contributed by atoms with Crippen LogP contribution in [0.15, 0.2) is 42.5 Å². The van der Waals surface area contributed by atoms with Crippen molar-refractivity contribution in [3.8, 4) is 0 Å². The van der Waals surface area contributed by atoms with Crippen LogP contribution in [0.1, 0.15) is 74.1 Å². The minimum absolute atomic E-state index is 0.103. The molecule has 8 heteroatoms. The number of hydrogen-bond donors (Lipinski definition) is 1. The smallest absolute Gasteiger partial charge is 0.243 e. The molecule has 2 amide bonds. The molecule has 0 saturated heterocycles. The molecule has 1 atom stereocenters. The van der Waals surface area contributed by atoms with Crippen molar-refractivity contribution >= 4 is 27.5 Å². The van der Waals surface area contributed by atoms with Crippen molar-refractivity contribution in [2.24, 2.45) is 0 Å². The Morgan fingerprint density at radius 2 is 1.74 bits per heavy atom. The van der Waals surface area contributed by atoms with Crippen molar-refractivity contribution in [1.82, 2.24) is 10.2 Å². The summed E-state index contributed by atoms with van der Waals surface area (Å²) >= 11 is 0. The van der Waals surface area contributed by atoms with Crippen LogP contribution in [0.5, 0.6) is 0 Å². The zero-order valence-corrected chi connectivity index (χ0v) is 24.3. The van der Waals surface area contributed by atoms with E-state index in [0.717, 1.165) is 47.9 Å². The molecule has 2 aromatic carbocycles. The van der Waals surface area contributed by atoms with Crippen molar-refractivity contribution in [1.29, 1.82) is 0 Å². The molecule has 7 nitrogen and oxygen atoms in total. The molecule has 0 radical (unpaired) electrons. The third kappa shape index (κ3) is 7.82. The number of rotatable bonds is 12. The molecule has 2 aromatic rings. The number of hydrogen-bond acceptors (Lipinski definition) is 4. The number of aryl methyl sites for hydroxylation is 2. The maximum atomic E-state index is 13.6. The van der Waals surface area contributed by atoms with Crippen LogP contribution in [0.4, 0.5) is 5.69 Å². The Labute approximate surface area is 228 Å². The third-order valence-corrected chi connectivity index (χ3v) is 8.70. The molecule has 0 aromatic heterocycles. The van der Waals surface area contributed by atoms with Gasteiger partial charge in [-0.1, -0.05) is 61.7 Å². The topological polar surface area (TPSA) is 86.8 Å². The predicted molar refractivity (Wildman–Crippen MR) is 154 cm³/mol. The third-order valence-electron chi connectivity index (χ3n) is 7.52. The Kier molecular flexibility index (Phi) is 10.4. The largest absolute Gasteiger partial charge is 0.352 e. The monoisotopic (exact) mass is 541 g/mol. The van der Waals surface area contributed by atoms with Gasteiger partial charge in [0.25, 0.3) is 0 Å². The summed E-state index contributed by atoms with van der Waals surface area (Å²) in [6.45, 7) is 8.33. The van der Waals surface area contributed by atoms with Crippen LogP contribution in [0, 0.1) is 20.8 Å². The van der Waals surface area contributed by atoms with Gasteiger partial charge in [0.05, 0.1) is 11.9 Å². The predicted octanol–water partition coefficient (Wildman–Crippen LogP) is 5.02. The lowest BCUT2D eigenvalue weighted by Gasteiger charge is -2.32. The van der Waals surface area contributed by atoms with Crippen LogP contribution >= 0.6 is 0 Å². The number of sulfonamides is 1. The summed E-state index contributed by atoms with van der Waals surface area (Å²) in [5, 5.41) is 3.17. The van der Waals surface area contributed by atoms with Gasteiger partial charge < -0.3 is 10.2 Å². The number of nitrogens with one attached hydrogen (secondary N) is 1. The zero-order valence-electron chi connectivity index (χ0n) is 23.5. The highest BCUT2D eigenvalue weighted by Crippen LogP contribution is 2.26. The summed E-state index contributed by atoms with van der Waals surface area (Å²) < 4.78 is 26.7. The van der Waals surface area contributed by atoms with Crippen LogP contribution < -0.4 is 9.62 Å². The molecule has 1 aliphatic rings. The van der Waals surface area contributed by atoms with Gasteiger partial charge in [0.2, 0.25) is 21.8 Å². The van der Waals surface area contributed by atoms with Gasteiger partial charge in [-0.3, -0.25) is 13.9 Å². The van der Waals surface area contributed by atoms with Crippen molar-refractivity contribution in [2.75, 3.05) is 17.1 Å². The van der Waals surface area contributed by atoms with Gasteiger partial charge >= 0.3 is 0 Å². The average molecular weight is 542 g/mol. The number of carbonyl (C=O) groups excluding carboxylic acids is 2. The van der Waals surface area contributed by atoms with Gasteiger partial charge in [-0.25, -0.2) is 8.42 Å². The first-order valence-corrected chi connectivity index (χ1v) is 15.6. The molecule has 0 heterocycles. The second-order valence-electron chi connectivity index (χ2n) is 10.6. The first-order chi connectivity index (χ1) is 18.0. The van der Waals surface area contributed by atoms with E-state index < -0.39 is 16.1 Å². The number of benzene rings is 2. The fourth-order valence-electron chi connectivity index (χ4n) is 5.28. The molecule has 1 fully saturated rings. The molecule has 38 heavy (non-hydrogen) atoms. The van der Waals surface area contributed by atoms with E-state index >= 15 is 0 Å². The summed E-state index contributed by atoms with van der Waals surface area (Å²) in [4.78, 5) is 28.6. The SMILES string of the molecule is CCC(C(=O)NC1CCCC1)N(Cc1cccc(C)c1)C(=O)CCCN(c1cccc(C)c1C)S(C)(=O)=O. The Hall–Kier alpha value is -2.87. The molecule has 208 valence electrons. The summed E-state index contributed by atoms with van der Waals surface area (Å²) in [5.74, 6) is -0.247. The van der Waals surface area contributed by atoms with Crippen LogP contribution in [0.2, 0.25) is 0 Å². The quantitative estimate of drug-likeness (QED) is 0.409. The van der Waals surface area contributed by atoms with Crippen molar-refractivity contribution in [2.45, 2.75) is 91.3 Å². The lowest BCUT2D eigenvalue weighted by molar-refractivity contribution is -0.141. The number of nitrogens with zero attached hydrogens (tertiary/aromatic N) is 2. The maximum absolute atomic E-state index is 13.6. The van der Waals surface area contributed by atoms with Gasteiger partial charge in [-0.05, 0) is 69.2 Å². The van der Waals surface area contributed by atoms with Crippen LogP contribution in [-0.2, 0) is 26.2 Å². The van der Waals surface area contributed by atoms with E-state index in [1.54, 1.807) is 11.0 Å². The minimum Gasteiger partial charge on any atom is -0.352 e. The molecule has 3 rings (SSSR count). The molecular weight excluding hydrogens is 498 g/mol. The first-order valence-electron chi connectivity index (χ1n) is 13.7. The second-order valence-corrected chi connectivity index (χ2v) is 12.5. The molecular formula is C30H43N3O4S. The second kappa shape index (κ2) is 13.3. The Morgan fingerprint density at radius 3 is 2.37 bits per heavy atom. The number of anilines is 1. The average Bonchev–Trinajstić information content (AvgIpc) is 3.36. The van der Waals surface area contributed by atoms with E-state index in [4.69, 9.17) is 0 Å². The van der Waals surface area contributed by atoms with Gasteiger partial charge in [-0.15, -0.1) is 0 Å². The zero-order chi connectivity index (χ0) is 27.9. The van der Waals surface area contributed by atoms with Gasteiger partial charge in [0.15, 0.2) is 0 Å². The number of amides is 2. The van der Waals surface area contributed by atoms with E-state index in [0.29, 0.717) is 25.1 Å². The van der Waals surface area contributed by atoms with Gasteiger partial charge in [0, 0.05) is 25.6 Å². The lowest BCUT2D eigenvalue weighted by Crippen LogP contribution is -2.51. The first kappa shape index (κ1) is 29.7. The fraction of sp³-hybridized carbons (Fsp3) is 0.533. The fourth-order valence-corrected chi connectivity index (χ4v) is 6.30. The van der Waals surface area contributed by atoms with Crippen LogP contribution in [0.25, 0.3) is 0 Å². The minimum atomic E-state index is -3.53. The summed E-state index contributed by atoms with van der Waals surface area (Å²) in [7, 11) is -3.53. The Morgan fingerprint density at radius 1 is 1.05 bits per heavy atom. The highest BCUT2D eigenvalue weighted by Gasteiger charge is 2.31. The van der Waals surface area contributed by atoms with E-state index in [2.05, 4.69) is 5.32 Å². The van der Waals surface area contributed by atoms with E-state index in [9.17, 15) is 18.0 Å². The van der Waals surface area contributed by atoms with E-state index in [1.807, 2.05) is 64.1 Å². The maximum Gasteiger partial charge on any atom is 0.243 e.